The average molecular weight is 414 g/mol. The second-order valence-corrected chi connectivity index (χ2v) is 8.66. The first kappa shape index (κ1) is 18.9. The molecule has 5 nitrogen and oxygen atoms in total. The maximum Gasteiger partial charge on any atom is 0.295 e. The number of hydrogen-bond donors (Lipinski definition) is 0. The van der Waals surface area contributed by atoms with E-state index in [1.165, 1.54) is 11.8 Å². The van der Waals surface area contributed by atoms with Gasteiger partial charge in [0.2, 0.25) is 5.91 Å². The van der Waals surface area contributed by atoms with Crippen LogP contribution in [0.1, 0.15) is 23.6 Å². The second-order valence-electron chi connectivity index (χ2n) is 6.80. The van der Waals surface area contributed by atoms with Crippen molar-refractivity contribution in [2.45, 2.75) is 24.5 Å². The normalized spacial score (nSPS) is 19.4. The molecule has 144 valence electrons. The minimum atomic E-state index is -0.266. The van der Waals surface area contributed by atoms with Gasteiger partial charge in [0.25, 0.3) is 5.56 Å². The highest BCUT2D eigenvalue weighted by Crippen LogP contribution is 2.45. The summed E-state index contributed by atoms with van der Waals surface area (Å²) in [5, 5.41) is 0.141. The summed E-state index contributed by atoms with van der Waals surface area (Å²) in [5.74, 6) is -0.0593. The van der Waals surface area contributed by atoms with Gasteiger partial charge in [-0.05, 0) is 43.7 Å². The van der Waals surface area contributed by atoms with Gasteiger partial charge in [0.15, 0.2) is 0 Å². The molecule has 0 N–H and O–H groups in total. The quantitative estimate of drug-likeness (QED) is 0.643. The van der Waals surface area contributed by atoms with E-state index < -0.39 is 0 Å². The molecule has 1 aromatic heterocycles. The first-order chi connectivity index (χ1) is 13.4. The number of rotatable bonds is 3. The molecule has 1 saturated heterocycles. The van der Waals surface area contributed by atoms with Crippen LogP contribution in [0.5, 0.6) is 0 Å². The summed E-state index contributed by atoms with van der Waals surface area (Å²) >= 11 is 7.57. The zero-order valence-corrected chi connectivity index (χ0v) is 17.4. The molecule has 0 radical (unpaired) electrons. The van der Waals surface area contributed by atoms with Crippen LogP contribution in [0.2, 0.25) is 5.02 Å². The predicted molar refractivity (Wildman–Crippen MR) is 114 cm³/mol. The van der Waals surface area contributed by atoms with E-state index in [9.17, 15) is 9.59 Å². The van der Waals surface area contributed by atoms with E-state index >= 15 is 0 Å². The van der Waals surface area contributed by atoms with Gasteiger partial charge < -0.3 is 0 Å². The summed E-state index contributed by atoms with van der Waals surface area (Å²) in [6, 6.07) is 16.9. The van der Waals surface area contributed by atoms with E-state index in [0.717, 1.165) is 16.9 Å². The van der Waals surface area contributed by atoms with Crippen LogP contribution in [-0.4, -0.2) is 20.5 Å². The van der Waals surface area contributed by atoms with Crippen LogP contribution in [0.25, 0.3) is 5.69 Å². The topological polar surface area (TPSA) is 47.2 Å². The molecule has 1 fully saturated rings. The summed E-state index contributed by atoms with van der Waals surface area (Å²) < 4.78 is 3.40. The number of nitrogens with zero attached hydrogens (tertiary/aromatic N) is 3. The van der Waals surface area contributed by atoms with Crippen molar-refractivity contribution in [1.29, 1.82) is 0 Å². The molecule has 0 aliphatic carbocycles. The van der Waals surface area contributed by atoms with Crippen LogP contribution in [0, 0.1) is 6.92 Å². The van der Waals surface area contributed by atoms with Crippen molar-refractivity contribution in [3.8, 4) is 5.69 Å². The molecule has 1 aliphatic heterocycles. The van der Waals surface area contributed by atoms with Gasteiger partial charge >= 0.3 is 0 Å². The molecule has 7 heteroatoms. The number of amides is 1. The fourth-order valence-electron chi connectivity index (χ4n) is 3.54. The lowest BCUT2D eigenvalue weighted by Crippen LogP contribution is -2.34. The van der Waals surface area contributed by atoms with E-state index in [2.05, 4.69) is 0 Å². The Morgan fingerprint density at radius 1 is 1.00 bits per heavy atom. The van der Waals surface area contributed by atoms with Crippen molar-refractivity contribution < 1.29 is 4.79 Å². The monoisotopic (exact) mass is 413 g/mol. The number of aromatic nitrogens is 2. The summed E-state index contributed by atoms with van der Waals surface area (Å²) in [4.78, 5) is 28.1. The number of carbonyl (C=O) groups excluding carboxylic acids is 1. The molecule has 2 heterocycles. The zero-order valence-electron chi connectivity index (χ0n) is 15.8. The van der Waals surface area contributed by atoms with Crippen molar-refractivity contribution in [3.05, 3.63) is 81.2 Å². The number of carbonyl (C=O) groups is 1. The fraction of sp³-hybridized carbons (Fsp3) is 0.238. The SMILES string of the molecule is Cc1c(N2C(=O)C(C)SC2c2ccc(Cl)cc2)c(=O)n(-c2ccccc2)n1C. The molecule has 0 saturated carbocycles. The number of para-hydroxylation sites is 1. The van der Waals surface area contributed by atoms with E-state index in [1.807, 2.05) is 75.5 Å². The maximum absolute atomic E-state index is 13.4. The highest BCUT2D eigenvalue weighted by Gasteiger charge is 2.42. The lowest BCUT2D eigenvalue weighted by atomic mass is 10.2. The molecule has 2 aromatic carbocycles. The number of thioether (sulfide) groups is 1. The van der Waals surface area contributed by atoms with E-state index in [-0.39, 0.29) is 22.1 Å². The van der Waals surface area contributed by atoms with Gasteiger partial charge in [0, 0.05) is 12.1 Å². The van der Waals surface area contributed by atoms with Crippen molar-refractivity contribution >= 4 is 35.0 Å². The third-order valence-electron chi connectivity index (χ3n) is 5.07. The van der Waals surface area contributed by atoms with Crippen LogP contribution in [0.3, 0.4) is 0 Å². The van der Waals surface area contributed by atoms with Crippen LogP contribution < -0.4 is 10.5 Å². The minimum Gasteiger partial charge on any atom is -0.288 e. The summed E-state index contributed by atoms with van der Waals surface area (Å²) in [6.45, 7) is 3.75. The Hall–Kier alpha value is -2.44. The Morgan fingerprint density at radius 3 is 2.29 bits per heavy atom. The third-order valence-corrected chi connectivity index (χ3v) is 6.68. The Kier molecular flexibility index (Phi) is 4.85. The molecule has 3 aromatic rings. The maximum atomic E-state index is 13.4. The van der Waals surface area contributed by atoms with Gasteiger partial charge in [-0.3, -0.25) is 19.2 Å². The molecule has 2 unspecified atom stereocenters. The van der Waals surface area contributed by atoms with Crippen molar-refractivity contribution in [2.24, 2.45) is 7.05 Å². The zero-order chi connectivity index (χ0) is 20.0. The molecule has 2 atom stereocenters. The summed E-state index contributed by atoms with van der Waals surface area (Å²) in [5.41, 5.74) is 2.68. The molecular weight excluding hydrogens is 394 g/mol. The lowest BCUT2D eigenvalue weighted by Gasteiger charge is -2.23. The minimum absolute atomic E-state index is 0.0593. The number of benzene rings is 2. The van der Waals surface area contributed by atoms with Gasteiger partial charge in [-0.15, -0.1) is 11.8 Å². The lowest BCUT2D eigenvalue weighted by molar-refractivity contribution is -0.117. The number of hydrogen-bond acceptors (Lipinski definition) is 3. The first-order valence-electron chi connectivity index (χ1n) is 8.98. The first-order valence-corrected chi connectivity index (χ1v) is 10.3. The molecule has 1 aliphatic rings. The van der Waals surface area contributed by atoms with Gasteiger partial charge in [0.05, 0.1) is 16.6 Å². The van der Waals surface area contributed by atoms with Gasteiger partial charge in [-0.2, -0.15) is 0 Å². The standard InChI is InChI=1S/C21H20ClN3O2S/c1-13-18(20(27)25(23(13)3)17-7-5-4-6-8-17)24-19(26)14(2)28-21(24)15-9-11-16(22)12-10-15/h4-12,14,21H,1-3H3. The van der Waals surface area contributed by atoms with E-state index in [4.69, 9.17) is 11.6 Å². The van der Waals surface area contributed by atoms with Gasteiger partial charge in [-0.25, -0.2) is 4.68 Å². The second kappa shape index (κ2) is 7.18. The Morgan fingerprint density at radius 2 is 1.64 bits per heavy atom. The predicted octanol–water partition coefficient (Wildman–Crippen LogP) is 4.30. The van der Waals surface area contributed by atoms with Crippen molar-refractivity contribution in [3.63, 3.8) is 0 Å². The Labute approximate surface area is 172 Å². The van der Waals surface area contributed by atoms with Crippen LogP contribution >= 0.6 is 23.4 Å². The smallest absolute Gasteiger partial charge is 0.288 e. The number of halogens is 1. The molecule has 0 bridgehead atoms. The molecule has 28 heavy (non-hydrogen) atoms. The molecule has 4 rings (SSSR count). The fourth-order valence-corrected chi connectivity index (χ4v) is 4.93. The Balaban J connectivity index is 1.88. The average Bonchev–Trinajstić information content (AvgIpc) is 3.09. The van der Waals surface area contributed by atoms with E-state index in [1.54, 1.807) is 14.3 Å². The van der Waals surface area contributed by atoms with Crippen LogP contribution in [0.4, 0.5) is 5.69 Å². The molecule has 1 amide bonds. The van der Waals surface area contributed by atoms with Crippen molar-refractivity contribution in [2.75, 3.05) is 4.90 Å². The number of anilines is 1. The molecular formula is C21H20ClN3O2S. The van der Waals surface area contributed by atoms with E-state index in [0.29, 0.717) is 10.7 Å². The summed E-state index contributed by atoms with van der Waals surface area (Å²) in [7, 11) is 1.83. The van der Waals surface area contributed by atoms with Gasteiger partial charge in [0.1, 0.15) is 11.1 Å². The summed E-state index contributed by atoms with van der Waals surface area (Å²) in [6.07, 6.45) is 0. The Bertz CT molecular complexity index is 1090. The van der Waals surface area contributed by atoms with Gasteiger partial charge in [-0.1, -0.05) is 41.9 Å². The highest BCUT2D eigenvalue weighted by molar-refractivity contribution is 8.01. The third kappa shape index (κ3) is 2.97. The largest absolute Gasteiger partial charge is 0.295 e. The molecule has 0 spiro atoms. The van der Waals surface area contributed by atoms with Crippen LogP contribution in [-0.2, 0) is 11.8 Å². The van der Waals surface area contributed by atoms with Crippen LogP contribution in [0.15, 0.2) is 59.4 Å². The van der Waals surface area contributed by atoms with Crippen molar-refractivity contribution in [1.82, 2.24) is 9.36 Å². The highest BCUT2D eigenvalue weighted by atomic mass is 35.5.